The molecule has 1 aliphatic heterocycles. The highest BCUT2D eigenvalue weighted by atomic mass is 35.5. The number of carbonyl (C=O) groups is 1. The molecule has 1 fully saturated rings. The summed E-state index contributed by atoms with van der Waals surface area (Å²) in [5, 5.41) is 4.53. The maximum Gasteiger partial charge on any atom is 0.321 e. The van der Waals surface area contributed by atoms with Gasteiger partial charge in [-0.3, -0.25) is 0 Å². The average Bonchev–Trinajstić information content (AvgIpc) is 3.09. The molecule has 6 nitrogen and oxygen atoms in total. The van der Waals surface area contributed by atoms with E-state index in [4.69, 9.17) is 11.6 Å². The zero-order valence-corrected chi connectivity index (χ0v) is 15.8. The van der Waals surface area contributed by atoms with Gasteiger partial charge in [0.25, 0.3) is 0 Å². The molecule has 0 bridgehead atoms. The number of rotatable bonds is 2. The highest BCUT2D eigenvalue weighted by molar-refractivity contribution is 7.21. The molecule has 134 valence electrons. The Morgan fingerprint density at radius 1 is 1.23 bits per heavy atom. The summed E-state index contributed by atoms with van der Waals surface area (Å²) in [4.78, 5) is 26.4. The summed E-state index contributed by atoms with van der Waals surface area (Å²) < 4.78 is 0. The first-order chi connectivity index (χ1) is 12.6. The molecule has 0 spiro atoms. The molecule has 0 unspecified atom stereocenters. The first-order valence-electron chi connectivity index (χ1n) is 8.39. The predicted octanol–water partition coefficient (Wildman–Crippen LogP) is 4.01. The van der Waals surface area contributed by atoms with Crippen LogP contribution in [0.1, 0.15) is 5.56 Å². The lowest BCUT2D eigenvalue weighted by Gasteiger charge is -2.34. The predicted molar refractivity (Wildman–Crippen MR) is 106 cm³/mol. The van der Waals surface area contributed by atoms with Gasteiger partial charge in [-0.1, -0.05) is 29.0 Å². The normalized spacial score (nSPS) is 14.7. The van der Waals surface area contributed by atoms with Crippen molar-refractivity contribution in [2.45, 2.75) is 6.92 Å². The molecule has 1 saturated heterocycles. The molecule has 2 aromatic heterocycles. The number of anilines is 2. The molecule has 26 heavy (non-hydrogen) atoms. The van der Waals surface area contributed by atoms with Crippen molar-refractivity contribution in [2.24, 2.45) is 0 Å². The van der Waals surface area contributed by atoms with Crippen LogP contribution in [0.15, 0.2) is 36.5 Å². The second-order valence-corrected chi connectivity index (χ2v) is 7.56. The molecule has 3 aromatic rings. The molecule has 1 N–H and O–H groups in total. The lowest BCUT2D eigenvalue weighted by Crippen LogP contribution is -2.50. The molecule has 1 aromatic carbocycles. The number of pyridine rings is 1. The van der Waals surface area contributed by atoms with Crippen LogP contribution in [0.2, 0.25) is 5.02 Å². The maximum atomic E-state index is 12.5. The van der Waals surface area contributed by atoms with Crippen molar-refractivity contribution in [1.82, 2.24) is 14.9 Å². The van der Waals surface area contributed by atoms with Gasteiger partial charge in [-0.25, -0.2) is 14.8 Å². The Morgan fingerprint density at radius 2 is 2.04 bits per heavy atom. The van der Waals surface area contributed by atoms with Crippen LogP contribution in [0.25, 0.3) is 10.3 Å². The van der Waals surface area contributed by atoms with E-state index >= 15 is 0 Å². The van der Waals surface area contributed by atoms with Crippen molar-refractivity contribution in [3.63, 3.8) is 0 Å². The highest BCUT2D eigenvalue weighted by Gasteiger charge is 2.23. The molecule has 0 atom stereocenters. The fraction of sp³-hybridized carbons (Fsp3) is 0.278. The van der Waals surface area contributed by atoms with Gasteiger partial charge in [-0.15, -0.1) is 0 Å². The van der Waals surface area contributed by atoms with Crippen LogP contribution in [-0.4, -0.2) is 47.1 Å². The molecule has 0 radical (unpaired) electrons. The van der Waals surface area contributed by atoms with Crippen molar-refractivity contribution >= 4 is 50.1 Å². The number of halogens is 1. The Bertz CT molecular complexity index is 919. The number of hydrogen-bond acceptors (Lipinski definition) is 5. The van der Waals surface area contributed by atoms with Crippen LogP contribution in [0.5, 0.6) is 0 Å². The highest BCUT2D eigenvalue weighted by Crippen LogP contribution is 2.27. The number of piperazine rings is 1. The number of aryl methyl sites for hydroxylation is 1. The second-order valence-electron chi connectivity index (χ2n) is 6.19. The van der Waals surface area contributed by atoms with Crippen LogP contribution in [0.4, 0.5) is 15.6 Å². The van der Waals surface area contributed by atoms with Crippen molar-refractivity contribution in [3.05, 3.63) is 47.1 Å². The number of nitrogens with zero attached hydrogens (tertiary/aromatic N) is 4. The standard InChI is InChI=1S/C18H18ClN5OS/c1-12-4-5-13(11-14(12)19)21-17(25)23-7-9-24(10-8-23)18-22-15-3-2-6-20-16(15)26-18/h2-6,11H,7-10H2,1H3,(H,21,25). The van der Waals surface area contributed by atoms with E-state index in [1.54, 1.807) is 23.6 Å². The van der Waals surface area contributed by atoms with E-state index in [0.29, 0.717) is 23.8 Å². The summed E-state index contributed by atoms with van der Waals surface area (Å²) >= 11 is 7.71. The van der Waals surface area contributed by atoms with E-state index in [2.05, 4.69) is 20.2 Å². The third-order valence-electron chi connectivity index (χ3n) is 4.42. The molecule has 0 aliphatic carbocycles. The SMILES string of the molecule is Cc1ccc(NC(=O)N2CCN(c3nc4cccnc4s3)CC2)cc1Cl. The van der Waals surface area contributed by atoms with Gasteiger partial charge < -0.3 is 15.1 Å². The van der Waals surface area contributed by atoms with Gasteiger partial charge in [0.15, 0.2) is 5.13 Å². The number of fused-ring (bicyclic) bond motifs is 1. The van der Waals surface area contributed by atoms with Crippen molar-refractivity contribution in [2.75, 3.05) is 36.4 Å². The summed E-state index contributed by atoms with van der Waals surface area (Å²) in [5.41, 5.74) is 2.62. The van der Waals surface area contributed by atoms with Crippen molar-refractivity contribution < 1.29 is 4.79 Å². The number of carbonyl (C=O) groups excluding carboxylic acids is 1. The van der Waals surface area contributed by atoms with E-state index in [1.807, 2.05) is 36.1 Å². The van der Waals surface area contributed by atoms with Crippen LogP contribution in [0.3, 0.4) is 0 Å². The van der Waals surface area contributed by atoms with Gasteiger partial charge in [0.05, 0.1) is 0 Å². The van der Waals surface area contributed by atoms with Crippen LogP contribution in [0, 0.1) is 6.92 Å². The average molecular weight is 388 g/mol. The van der Waals surface area contributed by atoms with E-state index < -0.39 is 0 Å². The largest absolute Gasteiger partial charge is 0.344 e. The molecular formula is C18H18ClN5OS. The van der Waals surface area contributed by atoms with Gasteiger partial charge >= 0.3 is 6.03 Å². The lowest BCUT2D eigenvalue weighted by molar-refractivity contribution is 0.208. The topological polar surface area (TPSA) is 61.4 Å². The number of hydrogen-bond donors (Lipinski definition) is 1. The fourth-order valence-electron chi connectivity index (χ4n) is 2.87. The van der Waals surface area contributed by atoms with Crippen molar-refractivity contribution in [3.8, 4) is 0 Å². The number of urea groups is 1. The maximum absolute atomic E-state index is 12.5. The van der Waals surface area contributed by atoms with E-state index in [0.717, 1.165) is 34.1 Å². The molecule has 8 heteroatoms. The van der Waals surface area contributed by atoms with Crippen molar-refractivity contribution in [1.29, 1.82) is 0 Å². The van der Waals surface area contributed by atoms with E-state index in [1.165, 1.54) is 0 Å². The molecule has 3 heterocycles. The molecule has 2 amide bonds. The quantitative estimate of drug-likeness (QED) is 0.721. The number of thiazole rings is 1. The Balaban J connectivity index is 1.38. The monoisotopic (exact) mass is 387 g/mol. The summed E-state index contributed by atoms with van der Waals surface area (Å²) in [6, 6.07) is 9.31. The lowest BCUT2D eigenvalue weighted by atomic mass is 10.2. The number of amides is 2. The third-order valence-corrected chi connectivity index (χ3v) is 5.86. The minimum absolute atomic E-state index is 0.101. The number of aromatic nitrogens is 2. The molecular weight excluding hydrogens is 370 g/mol. The minimum atomic E-state index is -0.101. The number of benzene rings is 1. The van der Waals surface area contributed by atoms with Crippen LogP contribution in [-0.2, 0) is 0 Å². The van der Waals surface area contributed by atoms with Crippen LogP contribution >= 0.6 is 22.9 Å². The summed E-state index contributed by atoms with van der Waals surface area (Å²) in [6.07, 6.45) is 1.78. The van der Waals surface area contributed by atoms with Gasteiger partial charge in [-0.2, -0.15) is 0 Å². The summed E-state index contributed by atoms with van der Waals surface area (Å²) in [6.45, 7) is 4.73. The Hall–Kier alpha value is -2.38. The Morgan fingerprint density at radius 3 is 2.77 bits per heavy atom. The first kappa shape index (κ1) is 17.1. The molecule has 1 aliphatic rings. The number of nitrogens with one attached hydrogen (secondary N) is 1. The zero-order valence-electron chi connectivity index (χ0n) is 14.3. The minimum Gasteiger partial charge on any atom is -0.344 e. The zero-order chi connectivity index (χ0) is 18.1. The van der Waals surface area contributed by atoms with Gasteiger partial charge in [-0.05, 0) is 36.8 Å². The van der Waals surface area contributed by atoms with Crippen LogP contribution < -0.4 is 10.2 Å². The van der Waals surface area contributed by atoms with Gasteiger partial charge in [0, 0.05) is 43.1 Å². The molecule has 0 saturated carbocycles. The second kappa shape index (κ2) is 7.09. The fourth-order valence-corrected chi connectivity index (χ4v) is 4.01. The van der Waals surface area contributed by atoms with E-state index in [9.17, 15) is 4.79 Å². The first-order valence-corrected chi connectivity index (χ1v) is 9.58. The smallest absolute Gasteiger partial charge is 0.321 e. The summed E-state index contributed by atoms with van der Waals surface area (Å²) in [7, 11) is 0. The molecule has 4 rings (SSSR count). The van der Waals surface area contributed by atoms with E-state index in [-0.39, 0.29) is 6.03 Å². The summed E-state index contributed by atoms with van der Waals surface area (Å²) in [5.74, 6) is 0. The van der Waals surface area contributed by atoms with Gasteiger partial charge in [0.2, 0.25) is 0 Å². The Labute approximate surface area is 160 Å². The Kier molecular flexibility index (Phi) is 4.65. The van der Waals surface area contributed by atoms with Gasteiger partial charge in [0.1, 0.15) is 10.3 Å². The third kappa shape index (κ3) is 3.45.